The zero-order valence-corrected chi connectivity index (χ0v) is 15.0. The van der Waals surface area contributed by atoms with Gasteiger partial charge in [0.1, 0.15) is 5.52 Å². The van der Waals surface area contributed by atoms with Gasteiger partial charge in [-0.05, 0) is 41.5 Å². The van der Waals surface area contributed by atoms with Crippen molar-refractivity contribution in [3.63, 3.8) is 0 Å². The molecule has 0 unspecified atom stereocenters. The minimum Gasteiger partial charge on any atom is -0.286 e. The van der Waals surface area contributed by atoms with Gasteiger partial charge in [-0.1, -0.05) is 36.4 Å². The molecule has 0 saturated carbocycles. The van der Waals surface area contributed by atoms with Gasteiger partial charge < -0.3 is 0 Å². The van der Waals surface area contributed by atoms with Crippen molar-refractivity contribution < 1.29 is 0 Å². The number of fused-ring (bicyclic) bond motifs is 2. The van der Waals surface area contributed by atoms with E-state index in [1.807, 2.05) is 48.7 Å². The molecule has 2 aromatic carbocycles. The Balaban J connectivity index is 1.56. The van der Waals surface area contributed by atoms with E-state index < -0.39 is 0 Å². The average Bonchev–Trinajstić information content (AvgIpc) is 2.76. The van der Waals surface area contributed by atoms with Crippen LogP contribution in [0, 0.1) is 0 Å². The Kier molecular flexibility index (Phi) is 3.91. The molecule has 28 heavy (non-hydrogen) atoms. The first kappa shape index (κ1) is 16.3. The summed E-state index contributed by atoms with van der Waals surface area (Å²) in [5.41, 5.74) is 5.24. The van der Waals surface area contributed by atoms with E-state index in [0.717, 1.165) is 27.6 Å². The third kappa shape index (κ3) is 2.93. The number of hydrogen-bond acceptors (Lipinski definition) is 4. The van der Waals surface area contributed by atoms with Crippen LogP contribution >= 0.6 is 0 Å². The lowest BCUT2D eigenvalue weighted by molar-refractivity contribution is 0.775. The summed E-state index contributed by atoms with van der Waals surface area (Å²) in [5.74, 6) is 0. The van der Waals surface area contributed by atoms with E-state index in [0.29, 0.717) is 17.7 Å². The molecule has 0 N–H and O–H groups in total. The van der Waals surface area contributed by atoms with Gasteiger partial charge in [-0.15, -0.1) is 0 Å². The van der Waals surface area contributed by atoms with E-state index in [1.165, 1.54) is 6.20 Å². The summed E-state index contributed by atoms with van der Waals surface area (Å²) in [7, 11) is 0. The molecule has 0 amide bonds. The number of nitrogens with zero attached hydrogens (tertiary/aromatic N) is 4. The van der Waals surface area contributed by atoms with Crippen LogP contribution in [0.4, 0.5) is 0 Å². The highest BCUT2D eigenvalue weighted by molar-refractivity contribution is 5.83. The lowest BCUT2D eigenvalue weighted by Gasteiger charge is -2.10. The largest absolute Gasteiger partial charge is 0.286 e. The van der Waals surface area contributed by atoms with Gasteiger partial charge in [-0.2, -0.15) is 0 Å². The summed E-state index contributed by atoms with van der Waals surface area (Å²) in [6, 6.07) is 22.0. The molecule has 0 aliphatic heterocycles. The van der Waals surface area contributed by atoms with Crippen LogP contribution in [0.25, 0.3) is 33.2 Å². The molecule has 0 bridgehead atoms. The number of pyridine rings is 2. The molecule has 5 aromatic rings. The summed E-state index contributed by atoms with van der Waals surface area (Å²) < 4.78 is 1.65. The third-order valence-electron chi connectivity index (χ3n) is 4.79. The summed E-state index contributed by atoms with van der Waals surface area (Å²) in [4.78, 5) is 25.5. The highest BCUT2D eigenvalue weighted by atomic mass is 16.1. The normalized spacial score (nSPS) is 11.1. The van der Waals surface area contributed by atoms with Crippen LogP contribution in [-0.2, 0) is 6.54 Å². The zero-order chi connectivity index (χ0) is 18.9. The van der Waals surface area contributed by atoms with E-state index >= 15 is 0 Å². The lowest BCUT2D eigenvalue weighted by Crippen LogP contribution is -2.21. The van der Waals surface area contributed by atoms with Gasteiger partial charge in [-0.25, -0.2) is 9.97 Å². The summed E-state index contributed by atoms with van der Waals surface area (Å²) in [5, 5.41) is 1.10. The Labute approximate surface area is 161 Å². The second-order valence-electron chi connectivity index (χ2n) is 6.65. The average molecular weight is 364 g/mol. The van der Waals surface area contributed by atoms with Crippen LogP contribution in [-0.4, -0.2) is 19.5 Å². The Morgan fingerprint density at radius 1 is 0.750 bits per heavy atom. The van der Waals surface area contributed by atoms with Crippen LogP contribution in [0.1, 0.15) is 5.56 Å². The van der Waals surface area contributed by atoms with E-state index in [2.05, 4.69) is 39.2 Å². The van der Waals surface area contributed by atoms with Gasteiger partial charge in [0.15, 0.2) is 5.65 Å². The highest BCUT2D eigenvalue weighted by Crippen LogP contribution is 2.24. The Morgan fingerprint density at radius 2 is 1.61 bits per heavy atom. The smallest absolute Gasteiger partial charge is 0.270 e. The van der Waals surface area contributed by atoms with Gasteiger partial charge in [0.25, 0.3) is 5.56 Å². The topological polar surface area (TPSA) is 60.7 Å². The number of hydrogen-bond donors (Lipinski definition) is 0. The summed E-state index contributed by atoms with van der Waals surface area (Å²) >= 11 is 0. The lowest BCUT2D eigenvalue weighted by atomic mass is 10.0. The molecule has 0 aliphatic rings. The molecular weight excluding hydrogens is 348 g/mol. The van der Waals surface area contributed by atoms with Gasteiger partial charge >= 0.3 is 0 Å². The quantitative estimate of drug-likeness (QED) is 0.484. The Hall–Kier alpha value is -3.86. The van der Waals surface area contributed by atoms with Crippen LogP contribution in [0.15, 0.2) is 90.1 Å². The molecular formula is C23H16N4O. The maximum Gasteiger partial charge on any atom is 0.270 e. The number of aromatic nitrogens is 4. The number of benzene rings is 2. The van der Waals surface area contributed by atoms with E-state index in [-0.39, 0.29) is 5.56 Å². The molecule has 5 nitrogen and oxygen atoms in total. The molecule has 0 spiro atoms. The van der Waals surface area contributed by atoms with Crippen molar-refractivity contribution in [2.45, 2.75) is 6.54 Å². The maximum absolute atomic E-state index is 12.4. The van der Waals surface area contributed by atoms with Crippen LogP contribution in [0.2, 0.25) is 0 Å². The fourth-order valence-electron chi connectivity index (χ4n) is 3.41. The van der Waals surface area contributed by atoms with Crippen molar-refractivity contribution in [2.24, 2.45) is 0 Å². The van der Waals surface area contributed by atoms with Gasteiger partial charge in [0.05, 0.1) is 18.3 Å². The monoisotopic (exact) mass is 364 g/mol. The zero-order valence-electron chi connectivity index (χ0n) is 15.0. The molecule has 0 radical (unpaired) electrons. The van der Waals surface area contributed by atoms with Gasteiger partial charge in [0, 0.05) is 23.3 Å². The van der Waals surface area contributed by atoms with Crippen LogP contribution in [0.5, 0.6) is 0 Å². The second-order valence-corrected chi connectivity index (χ2v) is 6.65. The molecule has 0 aliphatic carbocycles. The first-order valence-electron chi connectivity index (χ1n) is 9.03. The van der Waals surface area contributed by atoms with Crippen molar-refractivity contribution in [3.8, 4) is 11.1 Å². The van der Waals surface area contributed by atoms with Crippen molar-refractivity contribution >= 4 is 22.1 Å². The molecule has 3 aromatic heterocycles. The van der Waals surface area contributed by atoms with E-state index in [1.54, 1.807) is 10.8 Å². The first-order valence-corrected chi connectivity index (χ1v) is 9.03. The number of rotatable bonds is 3. The van der Waals surface area contributed by atoms with Gasteiger partial charge in [0.2, 0.25) is 0 Å². The third-order valence-corrected chi connectivity index (χ3v) is 4.79. The molecule has 0 fully saturated rings. The van der Waals surface area contributed by atoms with Crippen molar-refractivity contribution in [1.82, 2.24) is 19.5 Å². The van der Waals surface area contributed by atoms with E-state index in [9.17, 15) is 4.79 Å². The summed E-state index contributed by atoms with van der Waals surface area (Å²) in [6.45, 7) is 0.434. The predicted molar refractivity (Wildman–Crippen MR) is 110 cm³/mol. The number of para-hydroxylation sites is 1. The SMILES string of the molecule is O=c1cnc2cccnc2n1Cc1cccc(-c2cnc3ccccc3c2)c1. The predicted octanol–water partition coefficient (Wildman–Crippen LogP) is 4.06. The van der Waals surface area contributed by atoms with Gasteiger partial charge in [-0.3, -0.25) is 14.3 Å². The second kappa shape index (κ2) is 6.70. The van der Waals surface area contributed by atoms with Crippen molar-refractivity contribution in [1.29, 1.82) is 0 Å². The van der Waals surface area contributed by atoms with E-state index in [4.69, 9.17) is 0 Å². The first-order chi connectivity index (χ1) is 13.8. The van der Waals surface area contributed by atoms with Crippen molar-refractivity contribution in [3.05, 3.63) is 101 Å². The summed E-state index contributed by atoms with van der Waals surface area (Å²) in [6.07, 6.45) is 4.91. The molecule has 0 atom stereocenters. The fraction of sp³-hybridized carbons (Fsp3) is 0.0435. The standard InChI is InChI=1S/C23H16N4O/c28-22-14-26-21-9-4-10-24-23(21)27(22)15-16-5-3-7-17(11-16)19-12-18-6-1-2-8-20(18)25-13-19/h1-14H,15H2. The van der Waals surface area contributed by atoms with Crippen molar-refractivity contribution in [2.75, 3.05) is 0 Å². The molecule has 0 saturated heterocycles. The van der Waals surface area contributed by atoms with Crippen LogP contribution < -0.4 is 5.56 Å². The minimum absolute atomic E-state index is 0.163. The molecule has 3 heterocycles. The Bertz CT molecular complexity index is 1370. The minimum atomic E-state index is -0.163. The highest BCUT2D eigenvalue weighted by Gasteiger charge is 2.07. The molecule has 5 heteroatoms. The van der Waals surface area contributed by atoms with Crippen LogP contribution in [0.3, 0.4) is 0 Å². The molecule has 5 rings (SSSR count). The fourth-order valence-corrected chi connectivity index (χ4v) is 3.41. The Morgan fingerprint density at radius 3 is 2.57 bits per heavy atom. The maximum atomic E-state index is 12.4. The molecule has 134 valence electrons.